The molecule has 0 unspecified atom stereocenters. The monoisotopic (exact) mass is 330 g/mol. The third-order valence-corrected chi connectivity index (χ3v) is 4.20. The molecule has 0 aliphatic carbocycles. The van der Waals surface area contributed by atoms with Crippen LogP contribution >= 0.6 is 35.0 Å². The first-order valence-corrected chi connectivity index (χ1v) is 7.44. The predicted molar refractivity (Wildman–Crippen MR) is 81.6 cm³/mol. The molecule has 0 spiro atoms. The Morgan fingerprint density at radius 3 is 2.85 bits per heavy atom. The van der Waals surface area contributed by atoms with Crippen molar-refractivity contribution in [3.8, 4) is 0 Å². The van der Waals surface area contributed by atoms with Crippen LogP contribution < -0.4 is 5.32 Å². The van der Waals surface area contributed by atoms with Crippen molar-refractivity contribution in [3.05, 3.63) is 34.2 Å². The van der Waals surface area contributed by atoms with Gasteiger partial charge in [0.1, 0.15) is 0 Å². The number of carbonyl (C=O) groups excluding carboxylic acids is 1. The van der Waals surface area contributed by atoms with Gasteiger partial charge < -0.3 is 9.88 Å². The molecule has 20 heavy (non-hydrogen) atoms. The lowest BCUT2D eigenvalue weighted by Crippen LogP contribution is -2.16. The van der Waals surface area contributed by atoms with Crippen LogP contribution in [0, 0.1) is 6.92 Å². The van der Waals surface area contributed by atoms with Gasteiger partial charge in [0.25, 0.3) is 0 Å². The van der Waals surface area contributed by atoms with Gasteiger partial charge in [-0.25, -0.2) is 9.97 Å². The number of aromatic nitrogens is 3. The lowest BCUT2D eigenvalue weighted by molar-refractivity contribution is -0.113. The molecule has 0 saturated carbocycles. The predicted octanol–water partition coefficient (Wildman–Crippen LogP) is 3.16. The van der Waals surface area contributed by atoms with Crippen LogP contribution in [-0.4, -0.2) is 26.2 Å². The highest BCUT2D eigenvalue weighted by Crippen LogP contribution is 2.25. The smallest absolute Gasteiger partial charge is 0.236 e. The molecule has 5 nitrogen and oxygen atoms in total. The molecule has 0 aromatic carbocycles. The van der Waals surface area contributed by atoms with Crippen LogP contribution in [0.2, 0.25) is 10.0 Å². The third-order valence-electron chi connectivity index (χ3n) is 2.47. The number of carbonyl (C=O) groups is 1. The Bertz CT molecular complexity index is 644. The zero-order valence-electron chi connectivity index (χ0n) is 10.9. The average molecular weight is 331 g/mol. The van der Waals surface area contributed by atoms with Crippen molar-refractivity contribution < 1.29 is 4.79 Å². The molecule has 106 valence electrons. The van der Waals surface area contributed by atoms with Gasteiger partial charge in [-0.05, 0) is 13.0 Å². The van der Waals surface area contributed by atoms with Gasteiger partial charge in [0.2, 0.25) is 5.91 Å². The maximum Gasteiger partial charge on any atom is 0.236 e. The number of aryl methyl sites for hydroxylation is 2. The lowest BCUT2D eigenvalue weighted by Gasteiger charge is -2.08. The number of amides is 1. The number of imidazole rings is 1. The Kier molecular flexibility index (Phi) is 4.91. The number of halogens is 2. The van der Waals surface area contributed by atoms with Crippen molar-refractivity contribution in [1.82, 2.24) is 14.5 Å². The number of rotatable bonds is 4. The maximum absolute atomic E-state index is 11.9. The van der Waals surface area contributed by atoms with Crippen molar-refractivity contribution in [3.63, 3.8) is 0 Å². The summed E-state index contributed by atoms with van der Waals surface area (Å²) in [5.74, 6) is 0.345. The molecule has 2 rings (SSSR count). The highest BCUT2D eigenvalue weighted by Gasteiger charge is 2.11. The minimum Gasteiger partial charge on any atom is -0.329 e. The SMILES string of the molecule is Cc1nc(NC(=O)CSc2nccn2C)c(Cl)cc1Cl. The van der Waals surface area contributed by atoms with E-state index >= 15 is 0 Å². The van der Waals surface area contributed by atoms with Crippen molar-refractivity contribution in [2.45, 2.75) is 12.1 Å². The quantitative estimate of drug-likeness (QED) is 0.875. The van der Waals surface area contributed by atoms with Crippen LogP contribution in [0.25, 0.3) is 0 Å². The molecule has 0 aliphatic rings. The second-order valence-corrected chi connectivity index (χ2v) is 5.80. The average Bonchev–Trinajstić information content (AvgIpc) is 2.79. The molecule has 1 N–H and O–H groups in total. The van der Waals surface area contributed by atoms with Crippen molar-refractivity contribution in [1.29, 1.82) is 0 Å². The number of hydrogen-bond donors (Lipinski definition) is 1. The lowest BCUT2D eigenvalue weighted by atomic mass is 10.3. The van der Waals surface area contributed by atoms with Gasteiger partial charge in [-0.2, -0.15) is 0 Å². The summed E-state index contributed by atoms with van der Waals surface area (Å²) < 4.78 is 1.84. The van der Waals surface area contributed by atoms with Crippen molar-refractivity contribution >= 4 is 46.7 Å². The van der Waals surface area contributed by atoms with Crippen LogP contribution in [0.1, 0.15) is 5.69 Å². The molecular formula is C12H12Cl2N4OS. The van der Waals surface area contributed by atoms with Crippen molar-refractivity contribution in [2.75, 3.05) is 11.1 Å². The minimum atomic E-state index is -0.200. The second kappa shape index (κ2) is 6.47. The summed E-state index contributed by atoms with van der Waals surface area (Å²) in [6, 6.07) is 1.56. The van der Waals surface area contributed by atoms with Crippen LogP contribution in [0.15, 0.2) is 23.6 Å². The summed E-state index contributed by atoms with van der Waals surface area (Å²) >= 11 is 13.2. The van der Waals surface area contributed by atoms with E-state index in [0.717, 1.165) is 5.16 Å². The Balaban J connectivity index is 1.98. The van der Waals surface area contributed by atoms with Gasteiger partial charge in [0, 0.05) is 19.4 Å². The second-order valence-electron chi connectivity index (χ2n) is 4.04. The summed E-state index contributed by atoms with van der Waals surface area (Å²) in [5, 5.41) is 4.22. The fourth-order valence-corrected chi connectivity index (χ4v) is 2.57. The van der Waals surface area contributed by atoms with Gasteiger partial charge in [-0.15, -0.1) is 0 Å². The van der Waals surface area contributed by atoms with Crippen LogP contribution in [0.5, 0.6) is 0 Å². The molecule has 2 aromatic heterocycles. The Hall–Kier alpha value is -1.24. The van der Waals surface area contributed by atoms with Crippen LogP contribution in [0.4, 0.5) is 5.82 Å². The van der Waals surface area contributed by atoms with Gasteiger partial charge in [0.05, 0.1) is 21.5 Å². The van der Waals surface area contributed by atoms with E-state index in [2.05, 4.69) is 15.3 Å². The van der Waals surface area contributed by atoms with Crippen LogP contribution in [0.3, 0.4) is 0 Å². The molecule has 8 heteroatoms. The molecule has 2 aromatic rings. The first-order valence-electron chi connectivity index (χ1n) is 5.70. The minimum absolute atomic E-state index is 0.200. The van der Waals surface area contributed by atoms with E-state index in [0.29, 0.717) is 21.6 Å². The molecule has 0 radical (unpaired) electrons. The van der Waals surface area contributed by atoms with Crippen LogP contribution in [-0.2, 0) is 11.8 Å². The Labute approximate surface area is 130 Å². The van der Waals surface area contributed by atoms with E-state index in [4.69, 9.17) is 23.2 Å². The summed E-state index contributed by atoms with van der Waals surface area (Å²) in [5.41, 5.74) is 0.614. The fourth-order valence-electron chi connectivity index (χ4n) is 1.44. The number of pyridine rings is 1. The van der Waals surface area contributed by atoms with Gasteiger partial charge in [-0.1, -0.05) is 35.0 Å². The molecule has 2 heterocycles. The molecule has 0 fully saturated rings. The molecule has 0 saturated heterocycles. The van der Waals surface area contributed by atoms with Gasteiger partial charge >= 0.3 is 0 Å². The normalized spacial score (nSPS) is 10.6. The highest BCUT2D eigenvalue weighted by atomic mass is 35.5. The third kappa shape index (κ3) is 3.65. The first kappa shape index (κ1) is 15.2. The number of nitrogens with zero attached hydrogens (tertiary/aromatic N) is 3. The van der Waals surface area contributed by atoms with E-state index in [9.17, 15) is 4.79 Å². The zero-order valence-corrected chi connectivity index (χ0v) is 13.2. The molecule has 0 aliphatic heterocycles. The molecule has 0 bridgehead atoms. The topological polar surface area (TPSA) is 59.8 Å². The number of hydrogen-bond acceptors (Lipinski definition) is 4. The molecule has 1 amide bonds. The van der Waals surface area contributed by atoms with E-state index < -0.39 is 0 Å². The molecular weight excluding hydrogens is 319 g/mol. The summed E-state index contributed by atoms with van der Waals surface area (Å²) in [6.45, 7) is 1.75. The summed E-state index contributed by atoms with van der Waals surface area (Å²) in [7, 11) is 1.87. The van der Waals surface area contributed by atoms with Gasteiger partial charge in [-0.3, -0.25) is 4.79 Å². The van der Waals surface area contributed by atoms with Crippen molar-refractivity contribution in [2.24, 2.45) is 7.05 Å². The Morgan fingerprint density at radius 1 is 1.45 bits per heavy atom. The zero-order chi connectivity index (χ0) is 14.7. The number of thioether (sulfide) groups is 1. The number of anilines is 1. The fraction of sp³-hybridized carbons (Fsp3) is 0.250. The first-order chi connectivity index (χ1) is 9.47. The Morgan fingerprint density at radius 2 is 2.20 bits per heavy atom. The number of nitrogens with one attached hydrogen (secondary N) is 1. The summed E-state index contributed by atoms with van der Waals surface area (Å²) in [4.78, 5) is 20.1. The maximum atomic E-state index is 11.9. The molecule has 0 atom stereocenters. The summed E-state index contributed by atoms with van der Waals surface area (Å²) in [6.07, 6.45) is 3.50. The standard InChI is InChI=1S/C12H12Cl2N4OS/c1-7-8(13)5-9(14)11(16-7)17-10(19)6-20-12-15-3-4-18(12)2/h3-5H,6H2,1-2H3,(H,16,17,19). The van der Waals surface area contributed by atoms with Gasteiger partial charge in [0.15, 0.2) is 11.0 Å². The van der Waals surface area contributed by atoms with E-state index in [1.165, 1.54) is 11.8 Å². The largest absolute Gasteiger partial charge is 0.329 e. The highest BCUT2D eigenvalue weighted by molar-refractivity contribution is 7.99. The van der Waals surface area contributed by atoms with E-state index in [1.54, 1.807) is 19.2 Å². The van der Waals surface area contributed by atoms with E-state index in [1.807, 2.05) is 17.8 Å². The van der Waals surface area contributed by atoms with E-state index in [-0.39, 0.29) is 11.7 Å².